The first-order valence-electron chi connectivity index (χ1n) is 5.75. The first kappa shape index (κ1) is 12.6. The molecule has 0 aliphatic carbocycles. The fourth-order valence-corrected chi connectivity index (χ4v) is 1.85. The van der Waals surface area contributed by atoms with Crippen LogP contribution in [0.15, 0.2) is 18.2 Å². The van der Waals surface area contributed by atoms with Gasteiger partial charge in [-0.15, -0.1) is 0 Å². The third-order valence-corrected chi connectivity index (χ3v) is 2.99. The van der Waals surface area contributed by atoms with Crippen LogP contribution in [-0.4, -0.2) is 16.7 Å². The molecule has 0 fully saturated rings. The lowest BCUT2D eigenvalue weighted by Gasteiger charge is -2.28. The number of rotatable bonds is 2. The average molecular weight is 250 g/mol. The van der Waals surface area contributed by atoms with Gasteiger partial charge in [0.25, 0.3) is 0 Å². The van der Waals surface area contributed by atoms with E-state index < -0.39 is 23.3 Å². The number of carboxylic acids is 1. The molecule has 1 unspecified atom stereocenters. The minimum atomic E-state index is -0.976. The number of hydrogen-bond donors (Lipinski definition) is 1. The Balaban J connectivity index is 2.48. The van der Waals surface area contributed by atoms with E-state index in [0.717, 1.165) is 0 Å². The molecule has 0 bridgehead atoms. The van der Waals surface area contributed by atoms with Crippen LogP contribution in [0.2, 0.25) is 0 Å². The molecule has 18 heavy (non-hydrogen) atoms. The largest absolute Gasteiger partial charge is 0.481 e. The van der Waals surface area contributed by atoms with E-state index in [1.54, 1.807) is 12.1 Å². The van der Waals surface area contributed by atoms with Crippen LogP contribution in [-0.2, 0) is 4.79 Å². The number of benzene rings is 1. The zero-order valence-electron chi connectivity index (χ0n) is 10.5. The van der Waals surface area contributed by atoms with Crippen LogP contribution in [0.3, 0.4) is 0 Å². The molecule has 3 nitrogen and oxygen atoms in total. The molecule has 0 aromatic heterocycles. The summed E-state index contributed by atoms with van der Waals surface area (Å²) in [5.74, 6) is -2.06. The molecule has 0 saturated carbocycles. The van der Waals surface area contributed by atoms with E-state index in [1.807, 2.05) is 19.9 Å². The summed E-state index contributed by atoms with van der Waals surface area (Å²) in [4.78, 5) is 10.9. The Hall–Kier alpha value is -1.84. The molecule has 1 aromatic carbocycles. The fraction of sp³-hybridized carbons (Fsp3) is 0.357. The normalized spacial score (nSPS) is 17.8. The summed E-state index contributed by atoms with van der Waals surface area (Å²) in [7, 11) is 0. The molecular weight excluding hydrogens is 235 g/mol. The number of fused-ring (bicyclic) bond motifs is 1. The summed E-state index contributed by atoms with van der Waals surface area (Å²) < 4.78 is 19.5. The van der Waals surface area contributed by atoms with Crippen molar-refractivity contribution in [1.29, 1.82) is 0 Å². The molecule has 4 heteroatoms. The second kappa shape index (κ2) is 4.12. The van der Waals surface area contributed by atoms with Gasteiger partial charge in [-0.25, -0.2) is 4.39 Å². The average Bonchev–Trinajstić information content (AvgIpc) is 2.28. The van der Waals surface area contributed by atoms with Crippen molar-refractivity contribution in [1.82, 2.24) is 0 Å². The molecule has 0 saturated heterocycles. The van der Waals surface area contributed by atoms with Crippen LogP contribution in [0.5, 0.6) is 5.75 Å². The maximum Gasteiger partial charge on any atom is 0.310 e. The van der Waals surface area contributed by atoms with Gasteiger partial charge >= 0.3 is 5.97 Å². The van der Waals surface area contributed by atoms with Crippen LogP contribution in [0.25, 0.3) is 6.08 Å². The molecule has 1 aliphatic rings. The molecule has 2 rings (SSSR count). The zero-order chi connectivity index (χ0) is 13.5. The van der Waals surface area contributed by atoms with E-state index >= 15 is 0 Å². The molecule has 96 valence electrons. The van der Waals surface area contributed by atoms with Crippen molar-refractivity contribution in [3.63, 3.8) is 0 Å². The Morgan fingerprint density at radius 2 is 2.11 bits per heavy atom. The molecule has 0 spiro atoms. The number of halogens is 1. The first-order valence-corrected chi connectivity index (χ1v) is 5.75. The first-order chi connectivity index (χ1) is 8.30. The second-order valence-corrected chi connectivity index (χ2v) is 5.02. The van der Waals surface area contributed by atoms with Gasteiger partial charge in [0.05, 0.1) is 5.92 Å². The highest BCUT2D eigenvalue weighted by atomic mass is 19.1. The smallest absolute Gasteiger partial charge is 0.310 e. The highest BCUT2D eigenvalue weighted by Gasteiger charge is 2.26. The van der Waals surface area contributed by atoms with E-state index in [9.17, 15) is 9.18 Å². The summed E-state index contributed by atoms with van der Waals surface area (Å²) in [5.41, 5.74) is 0.470. The minimum absolute atomic E-state index is 0.184. The topological polar surface area (TPSA) is 46.5 Å². The lowest BCUT2D eigenvalue weighted by Crippen LogP contribution is -2.28. The number of carboxylic acid groups (broad SMARTS) is 1. The standard InChI is InChI=1S/C14H15FO3/c1-8(13(16)17)10-6-9-4-5-14(2,3)18-12(9)11(15)7-10/h4-8H,1-3H3,(H,16,17). The number of carbonyl (C=O) groups is 1. The summed E-state index contributed by atoms with van der Waals surface area (Å²) in [6, 6.07) is 2.88. The molecule has 1 aromatic rings. The summed E-state index contributed by atoms with van der Waals surface area (Å²) >= 11 is 0. The quantitative estimate of drug-likeness (QED) is 0.876. The molecule has 0 radical (unpaired) electrons. The van der Waals surface area contributed by atoms with Crippen molar-refractivity contribution in [2.45, 2.75) is 32.3 Å². The van der Waals surface area contributed by atoms with Crippen LogP contribution >= 0.6 is 0 Å². The monoisotopic (exact) mass is 250 g/mol. The maximum absolute atomic E-state index is 13.9. The van der Waals surface area contributed by atoms with Crippen molar-refractivity contribution >= 4 is 12.0 Å². The Bertz CT molecular complexity index is 532. The van der Waals surface area contributed by atoms with Gasteiger partial charge in [-0.05, 0) is 44.5 Å². The van der Waals surface area contributed by atoms with Gasteiger partial charge in [-0.2, -0.15) is 0 Å². The number of hydrogen-bond acceptors (Lipinski definition) is 2. The lowest BCUT2D eigenvalue weighted by atomic mass is 9.95. The number of ether oxygens (including phenoxy) is 1. The van der Waals surface area contributed by atoms with E-state index in [2.05, 4.69) is 0 Å². The SMILES string of the molecule is CC(C(=O)O)c1cc(F)c2c(c1)C=CC(C)(C)O2. The second-order valence-electron chi connectivity index (χ2n) is 5.02. The van der Waals surface area contributed by atoms with Gasteiger partial charge in [0.15, 0.2) is 11.6 Å². The predicted octanol–water partition coefficient (Wildman–Crippen LogP) is 3.20. The molecule has 1 heterocycles. The maximum atomic E-state index is 13.9. The Kier molecular flexibility index (Phi) is 2.89. The number of aliphatic carboxylic acids is 1. The Morgan fingerprint density at radius 3 is 2.72 bits per heavy atom. The zero-order valence-corrected chi connectivity index (χ0v) is 10.5. The van der Waals surface area contributed by atoms with E-state index in [4.69, 9.17) is 9.84 Å². The summed E-state index contributed by atoms with van der Waals surface area (Å²) in [6.45, 7) is 5.19. The van der Waals surface area contributed by atoms with Crippen molar-refractivity contribution in [3.05, 3.63) is 35.2 Å². The van der Waals surface area contributed by atoms with Crippen LogP contribution in [0.1, 0.15) is 37.8 Å². The van der Waals surface area contributed by atoms with Gasteiger partial charge < -0.3 is 9.84 Å². The van der Waals surface area contributed by atoms with Crippen molar-refractivity contribution in [2.75, 3.05) is 0 Å². The van der Waals surface area contributed by atoms with Gasteiger partial charge in [-0.1, -0.05) is 6.08 Å². The Morgan fingerprint density at radius 1 is 1.44 bits per heavy atom. The molecule has 1 atom stereocenters. The van der Waals surface area contributed by atoms with E-state index in [0.29, 0.717) is 11.1 Å². The third kappa shape index (κ3) is 2.23. The third-order valence-electron chi connectivity index (χ3n) is 2.99. The van der Waals surface area contributed by atoms with Crippen LogP contribution in [0.4, 0.5) is 4.39 Å². The van der Waals surface area contributed by atoms with Crippen molar-refractivity contribution < 1.29 is 19.0 Å². The molecule has 1 N–H and O–H groups in total. The molecule has 0 amide bonds. The lowest BCUT2D eigenvalue weighted by molar-refractivity contribution is -0.138. The van der Waals surface area contributed by atoms with Crippen LogP contribution in [0, 0.1) is 5.82 Å². The highest BCUT2D eigenvalue weighted by Crippen LogP contribution is 2.35. The predicted molar refractivity (Wildman–Crippen MR) is 66.2 cm³/mol. The van der Waals surface area contributed by atoms with Gasteiger partial charge in [-0.3, -0.25) is 4.79 Å². The van der Waals surface area contributed by atoms with Gasteiger partial charge in [0.1, 0.15) is 5.60 Å². The van der Waals surface area contributed by atoms with Crippen LogP contribution < -0.4 is 4.74 Å². The van der Waals surface area contributed by atoms with Gasteiger partial charge in [0.2, 0.25) is 0 Å². The molecule has 1 aliphatic heterocycles. The highest BCUT2D eigenvalue weighted by molar-refractivity contribution is 5.76. The van der Waals surface area contributed by atoms with E-state index in [1.165, 1.54) is 13.0 Å². The van der Waals surface area contributed by atoms with Crippen molar-refractivity contribution in [3.8, 4) is 5.75 Å². The van der Waals surface area contributed by atoms with E-state index in [-0.39, 0.29) is 5.75 Å². The Labute approximate surface area is 105 Å². The molecular formula is C14H15FO3. The minimum Gasteiger partial charge on any atom is -0.481 e. The summed E-state index contributed by atoms with van der Waals surface area (Å²) in [5, 5.41) is 8.94. The fourth-order valence-electron chi connectivity index (χ4n) is 1.85. The van der Waals surface area contributed by atoms with Crippen molar-refractivity contribution in [2.24, 2.45) is 0 Å². The summed E-state index contributed by atoms with van der Waals surface area (Å²) in [6.07, 6.45) is 3.59. The van der Waals surface area contributed by atoms with Gasteiger partial charge in [0, 0.05) is 5.56 Å².